The maximum absolute atomic E-state index is 13.4. The largest absolute Gasteiger partial charge is 0.268 e. The lowest BCUT2D eigenvalue weighted by Crippen LogP contribution is -2.22. The first-order chi connectivity index (χ1) is 15.1. The Labute approximate surface area is 188 Å². The van der Waals surface area contributed by atoms with Crippen molar-refractivity contribution < 1.29 is 0 Å². The lowest BCUT2D eigenvalue weighted by Gasteiger charge is -2.14. The highest BCUT2D eigenvalue weighted by atomic mass is 35.5. The molecule has 0 saturated carbocycles. The van der Waals surface area contributed by atoms with E-state index in [2.05, 4.69) is 17.1 Å². The van der Waals surface area contributed by atoms with Gasteiger partial charge in [0.15, 0.2) is 0 Å². The molecule has 0 aliphatic rings. The molecule has 6 heteroatoms. The molecule has 0 atom stereocenters. The summed E-state index contributed by atoms with van der Waals surface area (Å²) in [6, 6.07) is 26.5. The third kappa shape index (κ3) is 3.72. The lowest BCUT2D eigenvalue weighted by molar-refractivity contribution is 0.932. The Hall–Kier alpha value is -3.47. The van der Waals surface area contributed by atoms with E-state index in [1.165, 1.54) is 10.8 Å². The van der Waals surface area contributed by atoms with Gasteiger partial charge in [-0.25, -0.2) is 14.5 Å². The average molecular weight is 444 g/mol. The summed E-state index contributed by atoms with van der Waals surface area (Å²) < 4.78 is 1.49. The second kappa shape index (κ2) is 7.99. The monoisotopic (exact) mass is 443 g/mol. The van der Waals surface area contributed by atoms with Crippen LogP contribution >= 0.6 is 23.2 Å². The van der Waals surface area contributed by atoms with Crippen molar-refractivity contribution in [3.8, 4) is 28.3 Å². The van der Waals surface area contributed by atoms with Gasteiger partial charge in [-0.15, -0.1) is 0 Å². The number of halogens is 2. The summed E-state index contributed by atoms with van der Waals surface area (Å²) in [6.45, 7) is 0. The SMILES string of the molecule is O=c1c2cc(Cl)ccc2nc(-c2ccc(-c3ccccc3)cc2)n1-c1ccc(Cl)cn1. The van der Waals surface area contributed by atoms with E-state index >= 15 is 0 Å². The lowest BCUT2D eigenvalue weighted by atomic mass is 10.0. The predicted octanol–water partition coefficient (Wildman–Crippen LogP) is 6.42. The zero-order valence-electron chi connectivity index (χ0n) is 16.2. The Morgan fingerprint density at radius 3 is 2.10 bits per heavy atom. The average Bonchev–Trinajstić information content (AvgIpc) is 2.81. The minimum Gasteiger partial charge on any atom is -0.268 e. The highest BCUT2D eigenvalue weighted by Gasteiger charge is 2.16. The molecule has 150 valence electrons. The van der Waals surface area contributed by atoms with Crippen LogP contribution in [0.5, 0.6) is 0 Å². The fourth-order valence-electron chi connectivity index (χ4n) is 3.51. The number of fused-ring (bicyclic) bond motifs is 1. The first kappa shape index (κ1) is 19.5. The predicted molar refractivity (Wildman–Crippen MR) is 126 cm³/mol. The number of nitrogens with zero attached hydrogens (tertiary/aromatic N) is 3. The topological polar surface area (TPSA) is 47.8 Å². The van der Waals surface area contributed by atoms with Crippen LogP contribution in [0.15, 0.2) is 95.9 Å². The maximum Gasteiger partial charge on any atom is 0.267 e. The van der Waals surface area contributed by atoms with Crippen LogP contribution < -0.4 is 5.56 Å². The number of hydrogen-bond donors (Lipinski definition) is 0. The molecule has 0 spiro atoms. The molecule has 2 heterocycles. The van der Waals surface area contributed by atoms with Gasteiger partial charge in [0.1, 0.15) is 11.6 Å². The van der Waals surface area contributed by atoms with Gasteiger partial charge in [0.25, 0.3) is 5.56 Å². The van der Waals surface area contributed by atoms with Crippen molar-refractivity contribution in [1.29, 1.82) is 0 Å². The summed E-state index contributed by atoms with van der Waals surface area (Å²) >= 11 is 12.1. The van der Waals surface area contributed by atoms with E-state index in [1.54, 1.807) is 30.3 Å². The van der Waals surface area contributed by atoms with E-state index in [0.29, 0.717) is 32.6 Å². The molecule has 0 fully saturated rings. The van der Waals surface area contributed by atoms with Crippen molar-refractivity contribution in [2.75, 3.05) is 0 Å². The molecule has 3 aromatic carbocycles. The zero-order valence-corrected chi connectivity index (χ0v) is 17.7. The maximum atomic E-state index is 13.4. The molecule has 4 nitrogen and oxygen atoms in total. The van der Waals surface area contributed by atoms with Gasteiger partial charge < -0.3 is 0 Å². The molecule has 0 N–H and O–H groups in total. The van der Waals surface area contributed by atoms with Gasteiger partial charge in [0.05, 0.1) is 15.9 Å². The standard InChI is InChI=1S/C25H15Cl2N3O/c26-19-10-12-22-21(14-19)25(31)30(23-13-11-20(27)15-28-23)24(29-22)18-8-6-17(7-9-18)16-4-2-1-3-5-16/h1-15H. The molecule has 0 radical (unpaired) electrons. The van der Waals surface area contributed by atoms with Gasteiger partial charge in [0, 0.05) is 16.8 Å². The Morgan fingerprint density at radius 2 is 1.39 bits per heavy atom. The van der Waals surface area contributed by atoms with Gasteiger partial charge in [0.2, 0.25) is 0 Å². The van der Waals surface area contributed by atoms with Gasteiger partial charge >= 0.3 is 0 Å². The smallest absolute Gasteiger partial charge is 0.267 e. The van der Waals surface area contributed by atoms with Crippen LogP contribution in [0.1, 0.15) is 0 Å². The van der Waals surface area contributed by atoms with Gasteiger partial charge in [-0.3, -0.25) is 4.79 Å². The third-order valence-electron chi connectivity index (χ3n) is 5.02. The van der Waals surface area contributed by atoms with Crippen LogP contribution in [-0.2, 0) is 0 Å². The Bertz CT molecular complexity index is 1450. The first-order valence-electron chi connectivity index (χ1n) is 9.60. The fourth-order valence-corrected chi connectivity index (χ4v) is 3.79. The van der Waals surface area contributed by atoms with Crippen LogP contribution in [0.4, 0.5) is 0 Å². The number of hydrogen-bond acceptors (Lipinski definition) is 3. The summed E-state index contributed by atoms with van der Waals surface area (Å²) in [6.07, 6.45) is 1.51. The molecule has 0 unspecified atom stereocenters. The van der Waals surface area contributed by atoms with Crippen molar-refractivity contribution in [3.63, 3.8) is 0 Å². The van der Waals surface area contributed by atoms with Crippen LogP contribution in [-0.4, -0.2) is 14.5 Å². The fraction of sp³-hybridized carbons (Fsp3) is 0. The van der Waals surface area contributed by atoms with E-state index in [9.17, 15) is 4.79 Å². The summed E-state index contributed by atoms with van der Waals surface area (Å²) in [5.74, 6) is 0.931. The van der Waals surface area contributed by atoms with Crippen molar-refractivity contribution in [3.05, 3.63) is 112 Å². The van der Waals surface area contributed by atoms with Crippen molar-refractivity contribution in [2.45, 2.75) is 0 Å². The molecule has 31 heavy (non-hydrogen) atoms. The minimum atomic E-state index is -0.246. The zero-order chi connectivity index (χ0) is 21.4. The van der Waals surface area contributed by atoms with E-state index in [1.807, 2.05) is 42.5 Å². The summed E-state index contributed by atoms with van der Waals surface area (Å²) in [5.41, 5.74) is 3.32. The van der Waals surface area contributed by atoms with E-state index in [4.69, 9.17) is 28.2 Å². The second-order valence-electron chi connectivity index (χ2n) is 7.02. The summed E-state index contributed by atoms with van der Waals surface area (Å²) in [5, 5.41) is 1.39. The number of benzene rings is 3. The Balaban J connectivity index is 1.74. The van der Waals surface area contributed by atoms with Crippen molar-refractivity contribution in [1.82, 2.24) is 14.5 Å². The Morgan fingerprint density at radius 1 is 0.710 bits per heavy atom. The normalized spacial score (nSPS) is 11.0. The van der Waals surface area contributed by atoms with Crippen LogP contribution in [0.25, 0.3) is 39.2 Å². The van der Waals surface area contributed by atoms with E-state index in [0.717, 1.165) is 16.7 Å². The highest BCUT2D eigenvalue weighted by molar-refractivity contribution is 6.31. The molecular formula is C25H15Cl2N3O. The number of rotatable bonds is 3. The molecular weight excluding hydrogens is 429 g/mol. The molecule has 0 aliphatic heterocycles. The molecule has 0 amide bonds. The number of pyridine rings is 1. The molecule has 0 aliphatic carbocycles. The molecule has 5 rings (SSSR count). The second-order valence-corrected chi connectivity index (χ2v) is 7.89. The van der Waals surface area contributed by atoms with Gasteiger partial charge in [-0.2, -0.15) is 0 Å². The van der Waals surface area contributed by atoms with Gasteiger partial charge in [-0.05, 0) is 41.5 Å². The summed E-state index contributed by atoms with van der Waals surface area (Å²) in [4.78, 5) is 22.6. The first-order valence-corrected chi connectivity index (χ1v) is 10.4. The quantitative estimate of drug-likeness (QED) is 0.323. The number of aromatic nitrogens is 3. The van der Waals surface area contributed by atoms with Crippen LogP contribution in [0, 0.1) is 0 Å². The minimum absolute atomic E-state index is 0.246. The molecule has 0 saturated heterocycles. The molecule has 5 aromatic rings. The van der Waals surface area contributed by atoms with Crippen molar-refractivity contribution in [2.24, 2.45) is 0 Å². The highest BCUT2D eigenvalue weighted by Crippen LogP contribution is 2.26. The summed E-state index contributed by atoms with van der Waals surface area (Å²) in [7, 11) is 0. The van der Waals surface area contributed by atoms with Crippen LogP contribution in [0.2, 0.25) is 10.0 Å². The third-order valence-corrected chi connectivity index (χ3v) is 5.48. The Kier molecular flexibility index (Phi) is 5.02. The van der Waals surface area contributed by atoms with Gasteiger partial charge in [-0.1, -0.05) is 77.8 Å². The molecule has 0 bridgehead atoms. The van der Waals surface area contributed by atoms with Crippen molar-refractivity contribution >= 4 is 34.1 Å². The molecule has 2 aromatic heterocycles. The van der Waals surface area contributed by atoms with E-state index < -0.39 is 0 Å². The van der Waals surface area contributed by atoms with Crippen LogP contribution in [0.3, 0.4) is 0 Å². The van der Waals surface area contributed by atoms with E-state index in [-0.39, 0.29) is 5.56 Å².